The molecule has 6 rings (SSSR count). The summed E-state index contributed by atoms with van der Waals surface area (Å²) in [6.45, 7) is 2.15. The number of benzene rings is 4. The van der Waals surface area contributed by atoms with Crippen LogP contribution in [0, 0.1) is 0 Å². The van der Waals surface area contributed by atoms with Crippen molar-refractivity contribution in [3.05, 3.63) is 113 Å². The third kappa shape index (κ3) is 2.36. The molecule has 1 unspecified atom stereocenters. The maximum Gasteiger partial charge on any atom is 0.361 e. The van der Waals surface area contributed by atoms with Crippen molar-refractivity contribution in [3.63, 3.8) is 0 Å². The molecule has 0 bridgehead atoms. The van der Waals surface area contributed by atoms with Gasteiger partial charge >= 0.3 is 7.60 Å². The molecule has 2 aliphatic carbocycles. The van der Waals surface area contributed by atoms with Crippen molar-refractivity contribution >= 4 is 12.9 Å². The fraction of sp³-hybridized carbons (Fsp3) is 0.143. The molecule has 0 aromatic heterocycles. The lowest BCUT2D eigenvalue weighted by molar-refractivity contribution is 0.254. The third-order valence-corrected chi connectivity index (χ3v) is 8.83. The molecule has 4 aromatic carbocycles. The molecule has 0 amide bonds. The van der Waals surface area contributed by atoms with Crippen LogP contribution >= 0.6 is 7.60 Å². The van der Waals surface area contributed by atoms with E-state index in [1.165, 1.54) is 40.5 Å². The highest BCUT2D eigenvalue weighted by Gasteiger charge is 2.51. The largest absolute Gasteiger partial charge is 0.361 e. The van der Waals surface area contributed by atoms with Crippen LogP contribution in [0.5, 0.6) is 0 Å². The first-order valence-corrected chi connectivity index (χ1v) is 12.4. The maximum absolute atomic E-state index is 13.5. The molecule has 158 valence electrons. The Kier molecular flexibility index (Phi) is 4.32. The molecule has 0 fully saturated rings. The Morgan fingerprint density at radius 1 is 0.688 bits per heavy atom. The second-order valence-electron chi connectivity index (χ2n) is 8.21. The van der Waals surface area contributed by atoms with Gasteiger partial charge in [0.15, 0.2) is 0 Å². The Bertz CT molecular complexity index is 1360. The van der Waals surface area contributed by atoms with Crippen molar-refractivity contribution < 1.29 is 13.6 Å². The number of fused-ring (bicyclic) bond motifs is 10. The van der Waals surface area contributed by atoms with Crippen LogP contribution in [-0.4, -0.2) is 13.7 Å². The van der Waals surface area contributed by atoms with Gasteiger partial charge in [-0.2, -0.15) is 0 Å². The first kappa shape index (κ1) is 19.7. The van der Waals surface area contributed by atoms with Gasteiger partial charge in [-0.05, 0) is 63.6 Å². The Hall–Kier alpha value is -2.97. The van der Waals surface area contributed by atoms with Gasteiger partial charge in [-0.15, -0.1) is 0 Å². The number of hydrogen-bond acceptors (Lipinski definition) is 3. The van der Waals surface area contributed by atoms with Crippen molar-refractivity contribution in [3.8, 4) is 22.3 Å². The molecule has 0 saturated carbocycles. The van der Waals surface area contributed by atoms with Crippen LogP contribution in [0.1, 0.15) is 29.2 Å². The fourth-order valence-corrected chi connectivity index (χ4v) is 7.01. The molecular weight excluding hydrogens is 415 g/mol. The molecule has 1 spiro atoms. The van der Waals surface area contributed by atoms with Crippen molar-refractivity contribution in [1.82, 2.24) is 0 Å². The van der Waals surface area contributed by atoms with Crippen LogP contribution in [-0.2, 0) is 19.0 Å². The standard InChI is InChI=1S/C28H23O3P/c1-3-31-32(29,30-2)19-16-17-23-22-12-6-9-15-26(22)28(27(23)18-19)24-13-7-4-10-20(24)21-11-5-8-14-25(21)28/h4-18H,3H2,1-2H3. The lowest BCUT2D eigenvalue weighted by atomic mass is 9.70. The number of hydrogen-bond donors (Lipinski definition) is 0. The van der Waals surface area contributed by atoms with Crippen molar-refractivity contribution in [1.29, 1.82) is 0 Å². The zero-order chi connectivity index (χ0) is 21.9. The molecule has 3 nitrogen and oxygen atoms in total. The summed E-state index contributed by atoms with van der Waals surface area (Å²) >= 11 is 0. The molecule has 2 aliphatic rings. The normalized spacial score (nSPS) is 16.2. The second kappa shape index (κ2) is 7.02. The first-order valence-electron chi connectivity index (χ1n) is 10.9. The molecule has 4 heteroatoms. The summed E-state index contributed by atoms with van der Waals surface area (Å²) in [4.78, 5) is 0. The van der Waals surface area contributed by atoms with E-state index in [1.54, 1.807) is 0 Å². The van der Waals surface area contributed by atoms with E-state index in [-0.39, 0.29) is 0 Å². The highest BCUT2D eigenvalue weighted by atomic mass is 31.2. The molecule has 1 atom stereocenters. The van der Waals surface area contributed by atoms with Gasteiger partial charge in [0.2, 0.25) is 0 Å². The van der Waals surface area contributed by atoms with Gasteiger partial charge in [0.05, 0.1) is 17.3 Å². The van der Waals surface area contributed by atoms with Crippen LogP contribution in [0.4, 0.5) is 0 Å². The highest BCUT2D eigenvalue weighted by Crippen LogP contribution is 2.63. The van der Waals surface area contributed by atoms with E-state index in [4.69, 9.17) is 9.05 Å². The zero-order valence-electron chi connectivity index (χ0n) is 18.0. The quantitative estimate of drug-likeness (QED) is 0.294. The Morgan fingerprint density at radius 2 is 1.16 bits per heavy atom. The summed E-state index contributed by atoms with van der Waals surface area (Å²) in [5.74, 6) is 0. The highest BCUT2D eigenvalue weighted by molar-refractivity contribution is 7.62. The molecule has 0 saturated heterocycles. The summed E-state index contributed by atoms with van der Waals surface area (Å²) in [7, 11) is -1.95. The fourth-order valence-electron chi connectivity index (χ4n) is 5.66. The van der Waals surface area contributed by atoms with Crippen molar-refractivity contribution in [2.75, 3.05) is 13.7 Å². The summed E-state index contributed by atoms with van der Waals surface area (Å²) in [6.07, 6.45) is 0. The zero-order valence-corrected chi connectivity index (χ0v) is 18.9. The smallest absolute Gasteiger partial charge is 0.309 e. The van der Waals surface area contributed by atoms with E-state index in [0.717, 1.165) is 11.1 Å². The van der Waals surface area contributed by atoms with Gasteiger partial charge in [-0.25, -0.2) is 0 Å². The molecule has 0 aliphatic heterocycles. The minimum absolute atomic E-state index is 0.319. The molecule has 0 heterocycles. The molecular formula is C28H23O3P. The maximum atomic E-state index is 13.5. The average molecular weight is 438 g/mol. The second-order valence-corrected chi connectivity index (χ2v) is 10.3. The van der Waals surface area contributed by atoms with Crippen LogP contribution in [0.3, 0.4) is 0 Å². The Balaban J connectivity index is 1.75. The van der Waals surface area contributed by atoms with E-state index >= 15 is 0 Å². The van der Waals surface area contributed by atoms with Crippen molar-refractivity contribution in [2.24, 2.45) is 0 Å². The van der Waals surface area contributed by atoms with E-state index in [9.17, 15) is 4.57 Å². The van der Waals surface area contributed by atoms with E-state index in [1.807, 2.05) is 19.1 Å². The van der Waals surface area contributed by atoms with Gasteiger partial charge in [-0.3, -0.25) is 4.57 Å². The van der Waals surface area contributed by atoms with E-state index in [0.29, 0.717) is 11.9 Å². The van der Waals surface area contributed by atoms with Gasteiger partial charge in [-0.1, -0.05) is 78.9 Å². The first-order chi connectivity index (χ1) is 15.6. The SMILES string of the molecule is CCOP(=O)(OC)c1ccc2c(c1)C1(c3ccccc3-c3ccccc31)c1ccccc1-2. The topological polar surface area (TPSA) is 35.5 Å². The molecule has 4 aromatic rings. The van der Waals surface area contributed by atoms with Gasteiger partial charge < -0.3 is 9.05 Å². The summed E-state index contributed by atoms with van der Waals surface area (Å²) in [6, 6.07) is 31.9. The van der Waals surface area contributed by atoms with Crippen LogP contribution in [0.25, 0.3) is 22.3 Å². The molecule has 0 N–H and O–H groups in total. The number of rotatable bonds is 4. The lowest BCUT2D eigenvalue weighted by Gasteiger charge is -2.31. The van der Waals surface area contributed by atoms with Crippen LogP contribution < -0.4 is 5.30 Å². The monoisotopic (exact) mass is 438 g/mol. The predicted octanol–water partition coefficient (Wildman–Crippen LogP) is 6.53. The van der Waals surface area contributed by atoms with Gasteiger partial charge in [0.25, 0.3) is 0 Å². The van der Waals surface area contributed by atoms with E-state index in [2.05, 4.69) is 78.9 Å². The minimum Gasteiger partial charge on any atom is -0.309 e. The minimum atomic E-state index is -3.41. The predicted molar refractivity (Wildman–Crippen MR) is 129 cm³/mol. The summed E-state index contributed by atoms with van der Waals surface area (Å²) in [5, 5.41) is 0.592. The average Bonchev–Trinajstić information content (AvgIpc) is 3.31. The molecule has 32 heavy (non-hydrogen) atoms. The van der Waals surface area contributed by atoms with Crippen molar-refractivity contribution in [2.45, 2.75) is 12.3 Å². The van der Waals surface area contributed by atoms with Crippen LogP contribution in [0.2, 0.25) is 0 Å². The van der Waals surface area contributed by atoms with Gasteiger partial charge in [0.1, 0.15) is 0 Å². The molecule has 0 radical (unpaired) electrons. The Labute approximate surface area is 188 Å². The van der Waals surface area contributed by atoms with Gasteiger partial charge in [0, 0.05) is 7.11 Å². The summed E-state index contributed by atoms with van der Waals surface area (Å²) < 4.78 is 24.6. The lowest BCUT2D eigenvalue weighted by Crippen LogP contribution is -2.27. The third-order valence-electron chi connectivity index (χ3n) is 6.84. The summed E-state index contributed by atoms with van der Waals surface area (Å²) in [5.41, 5.74) is 9.31. The Morgan fingerprint density at radius 3 is 1.62 bits per heavy atom. The van der Waals surface area contributed by atoms with E-state index < -0.39 is 13.0 Å². The van der Waals surface area contributed by atoms with Crippen LogP contribution in [0.15, 0.2) is 91.0 Å².